The zero-order chi connectivity index (χ0) is 16.6. The van der Waals surface area contributed by atoms with Crippen molar-refractivity contribution in [2.45, 2.75) is 44.8 Å². The molecule has 23 heavy (non-hydrogen) atoms. The van der Waals surface area contributed by atoms with Crippen molar-refractivity contribution >= 4 is 11.6 Å². The second-order valence-electron chi connectivity index (χ2n) is 7.74. The van der Waals surface area contributed by atoms with Crippen LogP contribution in [0.25, 0.3) is 0 Å². The highest BCUT2D eigenvalue weighted by atomic mass is 16.6. The van der Waals surface area contributed by atoms with E-state index in [0.29, 0.717) is 12.3 Å². The summed E-state index contributed by atoms with van der Waals surface area (Å²) in [4.78, 5) is 25.2. The van der Waals surface area contributed by atoms with E-state index in [0.717, 1.165) is 51.3 Å². The van der Waals surface area contributed by atoms with Crippen LogP contribution in [0.3, 0.4) is 0 Å². The molecule has 0 unspecified atom stereocenters. The van der Waals surface area contributed by atoms with Crippen molar-refractivity contribution in [1.82, 2.24) is 14.7 Å². The normalized spacial score (nSPS) is 29.0. The Morgan fingerprint density at radius 3 is 2.52 bits per heavy atom. The van der Waals surface area contributed by atoms with Crippen molar-refractivity contribution < 1.29 is 9.63 Å². The van der Waals surface area contributed by atoms with Crippen molar-refractivity contribution in [1.29, 1.82) is 0 Å². The predicted molar refractivity (Wildman–Crippen MR) is 90.4 cm³/mol. The number of likely N-dealkylation sites (tertiary alicyclic amines) is 1. The Morgan fingerprint density at radius 1 is 1.22 bits per heavy atom. The monoisotopic (exact) mass is 322 g/mol. The summed E-state index contributed by atoms with van der Waals surface area (Å²) in [6.45, 7) is 8.97. The molecule has 3 heterocycles. The van der Waals surface area contributed by atoms with E-state index in [1.54, 1.807) is 0 Å². The number of oxime groups is 1. The first-order valence-electron chi connectivity index (χ1n) is 8.82. The average Bonchev–Trinajstić information content (AvgIpc) is 3.02. The van der Waals surface area contributed by atoms with E-state index in [1.165, 1.54) is 0 Å². The van der Waals surface area contributed by atoms with Crippen molar-refractivity contribution in [3.05, 3.63) is 0 Å². The molecule has 1 atom stereocenters. The maximum Gasteiger partial charge on any atom is 0.267 e. The van der Waals surface area contributed by atoms with Crippen LogP contribution >= 0.6 is 0 Å². The Labute approximate surface area is 139 Å². The summed E-state index contributed by atoms with van der Waals surface area (Å²) < 4.78 is 0. The largest absolute Gasteiger partial charge is 0.382 e. The lowest BCUT2D eigenvalue weighted by Crippen LogP contribution is -2.65. The van der Waals surface area contributed by atoms with E-state index in [2.05, 4.69) is 42.9 Å². The van der Waals surface area contributed by atoms with Crippen LogP contribution in [0.15, 0.2) is 5.16 Å². The van der Waals surface area contributed by atoms with Crippen LogP contribution in [0, 0.1) is 5.92 Å². The number of hydrogen-bond acceptors (Lipinski definition) is 5. The molecule has 0 aromatic rings. The molecular weight excluding hydrogens is 292 g/mol. The molecule has 0 bridgehead atoms. The molecule has 0 aliphatic carbocycles. The Kier molecular flexibility index (Phi) is 4.65. The molecule has 0 radical (unpaired) electrons. The third-order valence-corrected chi connectivity index (χ3v) is 5.86. The third kappa shape index (κ3) is 3.24. The van der Waals surface area contributed by atoms with Gasteiger partial charge in [0, 0.05) is 31.6 Å². The minimum Gasteiger partial charge on any atom is -0.382 e. The summed E-state index contributed by atoms with van der Waals surface area (Å²) in [7, 11) is 4.38. The molecule has 1 amide bonds. The molecule has 130 valence electrons. The van der Waals surface area contributed by atoms with Crippen LogP contribution in [0.4, 0.5) is 0 Å². The zero-order valence-corrected chi connectivity index (χ0v) is 14.9. The van der Waals surface area contributed by atoms with Gasteiger partial charge in [0.1, 0.15) is 0 Å². The van der Waals surface area contributed by atoms with Gasteiger partial charge >= 0.3 is 0 Å². The van der Waals surface area contributed by atoms with E-state index in [9.17, 15) is 4.79 Å². The summed E-state index contributed by atoms with van der Waals surface area (Å²) in [6.07, 6.45) is 2.50. The molecular formula is C17H30N4O2. The number of likely N-dealkylation sites (N-methyl/N-ethyl adjacent to an activating group) is 1. The Hall–Kier alpha value is -1.14. The Morgan fingerprint density at radius 2 is 1.91 bits per heavy atom. The SMILES string of the molecule is CC(C)C1=NO[C@@H](C(=O)N2CCN(C)C3(CCN(C)CC3)C2)C1. The van der Waals surface area contributed by atoms with E-state index in [1.807, 2.05) is 4.90 Å². The molecule has 1 spiro atoms. The highest BCUT2D eigenvalue weighted by Gasteiger charge is 2.44. The van der Waals surface area contributed by atoms with Crippen molar-refractivity contribution in [2.24, 2.45) is 11.1 Å². The van der Waals surface area contributed by atoms with Gasteiger partial charge in [-0.2, -0.15) is 0 Å². The zero-order valence-electron chi connectivity index (χ0n) is 14.9. The van der Waals surface area contributed by atoms with E-state index < -0.39 is 6.10 Å². The number of carbonyl (C=O) groups is 1. The van der Waals surface area contributed by atoms with E-state index >= 15 is 0 Å². The van der Waals surface area contributed by atoms with Crippen LogP contribution in [0.5, 0.6) is 0 Å². The first-order valence-corrected chi connectivity index (χ1v) is 8.82. The Bertz CT molecular complexity index is 483. The highest BCUT2D eigenvalue weighted by Crippen LogP contribution is 2.32. The van der Waals surface area contributed by atoms with Crippen LogP contribution in [-0.4, -0.2) is 84.8 Å². The fourth-order valence-electron chi connectivity index (χ4n) is 3.90. The van der Waals surface area contributed by atoms with Gasteiger partial charge in [-0.25, -0.2) is 0 Å². The summed E-state index contributed by atoms with van der Waals surface area (Å²) in [5, 5.41) is 4.11. The first-order chi connectivity index (χ1) is 10.9. The number of amides is 1. The lowest BCUT2D eigenvalue weighted by molar-refractivity contribution is -0.148. The van der Waals surface area contributed by atoms with Gasteiger partial charge in [-0.3, -0.25) is 9.69 Å². The number of carbonyl (C=O) groups excluding carboxylic acids is 1. The molecule has 6 nitrogen and oxygen atoms in total. The third-order valence-electron chi connectivity index (χ3n) is 5.86. The lowest BCUT2D eigenvalue weighted by Gasteiger charge is -2.52. The van der Waals surface area contributed by atoms with E-state index in [4.69, 9.17) is 4.84 Å². The minimum atomic E-state index is -0.404. The van der Waals surface area contributed by atoms with Crippen LogP contribution in [-0.2, 0) is 9.63 Å². The van der Waals surface area contributed by atoms with Crippen LogP contribution in [0.1, 0.15) is 33.1 Å². The standard InChI is InChI=1S/C17H30N4O2/c1-13(2)14-11-15(23-18-14)16(22)21-10-9-20(4)17(12-21)5-7-19(3)8-6-17/h13,15H,5-12H2,1-4H3/t15-/m1/s1. The molecule has 3 aliphatic heterocycles. The van der Waals surface area contributed by atoms with Gasteiger partial charge in [-0.15, -0.1) is 0 Å². The number of rotatable bonds is 2. The van der Waals surface area contributed by atoms with Crippen LogP contribution < -0.4 is 0 Å². The molecule has 3 aliphatic rings. The smallest absolute Gasteiger partial charge is 0.267 e. The number of hydrogen-bond donors (Lipinski definition) is 0. The Balaban J connectivity index is 1.64. The second-order valence-corrected chi connectivity index (χ2v) is 7.74. The molecule has 0 saturated carbocycles. The molecule has 0 aromatic heterocycles. The second kappa shape index (κ2) is 6.40. The number of nitrogens with zero attached hydrogens (tertiary/aromatic N) is 4. The average molecular weight is 322 g/mol. The number of piperidine rings is 1. The molecule has 6 heteroatoms. The number of piperazine rings is 1. The van der Waals surface area contributed by atoms with Gasteiger partial charge < -0.3 is 14.6 Å². The van der Waals surface area contributed by atoms with E-state index in [-0.39, 0.29) is 11.4 Å². The lowest BCUT2D eigenvalue weighted by atomic mass is 9.83. The fourth-order valence-corrected chi connectivity index (χ4v) is 3.90. The molecule has 0 N–H and O–H groups in total. The van der Waals surface area contributed by atoms with Gasteiger partial charge in [0.15, 0.2) is 0 Å². The van der Waals surface area contributed by atoms with Crippen molar-refractivity contribution in [3.8, 4) is 0 Å². The summed E-state index contributed by atoms with van der Waals surface area (Å²) in [5.41, 5.74) is 1.15. The quantitative estimate of drug-likeness (QED) is 0.762. The molecule has 2 saturated heterocycles. The van der Waals surface area contributed by atoms with Gasteiger partial charge in [-0.1, -0.05) is 19.0 Å². The molecule has 0 aromatic carbocycles. The fraction of sp³-hybridized carbons (Fsp3) is 0.882. The molecule has 3 rings (SSSR count). The topological polar surface area (TPSA) is 48.4 Å². The van der Waals surface area contributed by atoms with Gasteiger partial charge in [0.25, 0.3) is 5.91 Å². The first kappa shape index (κ1) is 16.7. The van der Waals surface area contributed by atoms with Gasteiger partial charge in [0.05, 0.1) is 5.71 Å². The highest BCUT2D eigenvalue weighted by molar-refractivity contribution is 5.93. The maximum absolute atomic E-state index is 12.9. The van der Waals surface area contributed by atoms with Crippen LogP contribution in [0.2, 0.25) is 0 Å². The summed E-state index contributed by atoms with van der Waals surface area (Å²) in [6, 6.07) is 0. The molecule has 2 fully saturated rings. The summed E-state index contributed by atoms with van der Waals surface area (Å²) in [5.74, 6) is 0.469. The predicted octanol–water partition coefficient (Wildman–Crippen LogP) is 1.03. The van der Waals surface area contributed by atoms with Crippen molar-refractivity contribution in [3.63, 3.8) is 0 Å². The summed E-state index contributed by atoms with van der Waals surface area (Å²) >= 11 is 0. The van der Waals surface area contributed by atoms with Gasteiger partial charge in [0.2, 0.25) is 6.10 Å². The van der Waals surface area contributed by atoms with Crippen molar-refractivity contribution in [2.75, 3.05) is 46.8 Å². The van der Waals surface area contributed by atoms with Gasteiger partial charge in [-0.05, 0) is 45.9 Å². The minimum absolute atomic E-state index is 0.121. The maximum atomic E-state index is 12.9.